The summed E-state index contributed by atoms with van der Waals surface area (Å²) in [4.78, 5) is 14.3. The minimum atomic E-state index is -0.000468. The molecule has 1 fully saturated rings. The van der Waals surface area contributed by atoms with Gasteiger partial charge in [-0.05, 0) is 23.8 Å². The number of nitrogens with zero attached hydrogens (tertiary/aromatic N) is 2. The van der Waals surface area contributed by atoms with Gasteiger partial charge in [0, 0.05) is 38.9 Å². The molecule has 6 heteroatoms. The van der Waals surface area contributed by atoms with Gasteiger partial charge in [0.25, 0.3) is 0 Å². The monoisotopic (exact) mass is 308 g/mol. The topological polar surface area (TPSA) is 70.2 Å². The van der Waals surface area contributed by atoms with E-state index in [1.807, 2.05) is 17.3 Å². The van der Waals surface area contributed by atoms with Gasteiger partial charge >= 0.3 is 6.03 Å². The third-order valence-corrected chi connectivity index (χ3v) is 4.39. The number of methoxy groups -OCH3 is 1. The molecule has 1 aliphatic rings. The van der Waals surface area contributed by atoms with E-state index in [4.69, 9.17) is 4.74 Å². The predicted molar refractivity (Wildman–Crippen MR) is 85.8 cm³/mol. The molecule has 0 saturated carbocycles. The van der Waals surface area contributed by atoms with Crippen LogP contribution in [0.4, 0.5) is 4.79 Å². The first-order chi connectivity index (χ1) is 10.4. The van der Waals surface area contributed by atoms with E-state index in [2.05, 4.69) is 36.3 Å². The zero-order chi connectivity index (χ0) is 16.2. The number of nitrogens with one attached hydrogen (secondary N) is 2. The molecule has 6 nitrogen and oxygen atoms in total. The Hall–Kier alpha value is -1.56. The summed E-state index contributed by atoms with van der Waals surface area (Å²) in [5, 5.41) is 9.87. The van der Waals surface area contributed by atoms with E-state index in [1.165, 1.54) is 5.56 Å². The number of piperidine rings is 1. The van der Waals surface area contributed by atoms with E-state index in [0.29, 0.717) is 12.5 Å². The molecule has 22 heavy (non-hydrogen) atoms. The molecule has 1 aromatic heterocycles. The van der Waals surface area contributed by atoms with Crippen molar-refractivity contribution in [2.75, 3.05) is 26.7 Å². The maximum atomic E-state index is 12.4. The fourth-order valence-corrected chi connectivity index (χ4v) is 2.95. The summed E-state index contributed by atoms with van der Waals surface area (Å²) >= 11 is 0. The first kappa shape index (κ1) is 16.8. The number of carbonyl (C=O) groups is 1. The van der Waals surface area contributed by atoms with Crippen molar-refractivity contribution in [2.24, 2.45) is 5.41 Å². The highest BCUT2D eigenvalue weighted by atomic mass is 16.5. The van der Waals surface area contributed by atoms with Crippen LogP contribution in [0.2, 0.25) is 0 Å². The molecule has 2 N–H and O–H groups in total. The second-order valence-corrected chi connectivity index (χ2v) is 7.09. The van der Waals surface area contributed by atoms with Gasteiger partial charge in [0.2, 0.25) is 0 Å². The number of amides is 2. The number of H-pyrrole nitrogens is 1. The highest BCUT2D eigenvalue weighted by molar-refractivity contribution is 5.74. The van der Waals surface area contributed by atoms with Crippen LogP contribution in [0.25, 0.3) is 0 Å². The van der Waals surface area contributed by atoms with Gasteiger partial charge in [-0.1, -0.05) is 20.8 Å². The van der Waals surface area contributed by atoms with Crippen molar-refractivity contribution in [1.82, 2.24) is 20.4 Å². The number of aromatic nitrogens is 2. The van der Waals surface area contributed by atoms with E-state index in [1.54, 1.807) is 7.11 Å². The fourth-order valence-electron chi connectivity index (χ4n) is 2.95. The number of aromatic amines is 1. The summed E-state index contributed by atoms with van der Waals surface area (Å²) in [6.45, 7) is 8.44. The summed E-state index contributed by atoms with van der Waals surface area (Å²) in [5.74, 6) is 0.374. The van der Waals surface area contributed by atoms with Gasteiger partial charge < -0.3 is 15.0 Å². The summed E-state index contributed by atoms with van der Waals surface area (Å²) in [5.41, 5.74) is 1.19. The number of hydrogen-bond acceptors (Lipinski definition) is 3. The maximum Gasteiger partial charge on any atom is 0.317 e. The summed E-state index contributed by atoms with van der Waals surface area (Å²) in [6.07, 6.45) is 5.91. The largest absolute Gasteiger partial charge is 0.379 e. The smallest absolute Gasteiger partial charge is 0.317 e. The first-order valence-corrected chi connectivity index (χ1v) is 7.96. The van der Waals surface area contributed by atoms with Gasteiger partial charge in [-0.3, -0.25) is 5.10 Å². The number of likely N-dealkylation sites (tertiary alicyclic amines) is 1. The fraction of sp³-hybridized carbons (Fsp3) is 0.750. The lowest BCUT2D eigenvalue weighted by molar-refractivity contribution is 0.0183. The molecule has 2 unspecified atom stereocenters. The number of urea groups is 1. The van der Waals surface area contributed by atoms with Gasteiger partial charge in [0.1, 0.15) is 0 Å². The van der Waals surface area contributed by atoms with Crippen LogP contribution >= 0.6 is 0 Å². The van der Waals surface area contributed by atoms with E-state index >= 15 is 0 Å². The van der Waals surface area contributed by atoms with E-state index in [0.717, 1.165) is 25.9 Å². The third kappa shape index (κ3) is 4.22. The van der Waals surface area contributed by atoms with Crippen molar-refractivity contribution < 1.29 is 9.53 Å². The quantitative estimate of drug-likeness (QED) is 0.897. The van der Waals surface area contributed by atoms with E-state index in [9.17, 15) is 4.79 Å². The molecular formula is C16H28N4O2. The molecule has 0 spiro atoms. The normalized spacial score (nSPS) is 20.7. The van der Waals surface area contributed by atoms with Crippen LogP contribution < -0.4 is 5.32 Å². The molecule has 1 aromatic rings. The molecule has 2 heterocycles. The minimum Gasteiger partial charge on any atom is -0.379 e. The summed E-state index contributed by atoms with van der Waals surface area (Å²) in [6, 6.07) is -0.000468. The Bertz CT molecular complexity index is 467. The molecule has 124 valence electrons. The molecule has 0 bridgehead atoms. The predicted octanol–water partition coefficient (Wildman–Crippen LogP) is 2.36. The molecule has 0 aromatic carbocycles. The zero-order valence-corrected chi connectivity index (χ0v) is 14.1. The van der Waals surface area contributed by atoms with Crippen LogP contribution in [0.3, 0.4) is 0 Å². The summed E-state index contributed by atoms with van der Waals surface area (Å²) < 4.78 is 5.49. The molecule has 2 atom stereocenters. The number of ether oxygens (including phenoxy) is 1. The van der Waals surface area contributed by atoms with E-state index < -0.39 is 0 Å². The molecular weight excluding hydrogens is 280 g/mol. The Morgan fingerprint density at radius 3 is 2.95 bits per heavy atom. The molecule has 0 radical (unpaired) electrons. The molecule has 2 amide bonds. The van der Waals surface area contributed by atoms with Crippen LogP contribution in [0, 0.1) is 5.41 Å². The second kappa shape index (κ2) is 7.13. The van der Waals surface area contributed by atoms with Gasteiger partial charge in [-0.2, -0.15) is 5.10 Å². The number of hydrogen-bond donors (Lipinski definition) is 2. The Kier molecular flexibility index (Phi) is 5.45. The third-order valence-electron chi connectivity index (χ3n) is 4.39. The number of rotatable bonds is 4. The van der Waals surface area contributed by atoms with Gasteiger partial charge in [-0.15, -0.1) is 0 Å². The zero-order valence-electron chi connectivity index (χ0n) is 14.1. The second-order valence-electron chi connectivity index (χ2n) is 7.09. The first-order valence-electron chi connectivity index (χ1n) is 7.96. The standard InChI is InChI=1S/C16H28N4O2/c1-16(2,3)14(22-4)10-17-15(21)20-7-5-6-12(11-20)13-8-18-19-9-13/h8-9,12,14H,5-7,10-11H2,1-4H3,(H,17,21)(H,18,19). The highest BCUT2D eigenvalue weighted by Gasteiger charge is 2.28. The molecule has 2 rings (SSSR count). The molecule has 1 aliphatic heterocycles. The van der Waals surface area contributed by atoms with Crippen molar-refractivity contribution in [3.8, 4) is 0 Å². The lowest BCUT2D eigenvalue weighted by atomic mass is 9.89. The van der Waals surface area contributed by atoms with Crippen molar-refractivity contribution in [2.45, 2.75) is 45.6 Å². The molecule has 0 aliphatic carbocycles. The van der Waals surface area contributed by atoms with Crippen molar-refractivity contribution >= 4 is 6.03 Å². The molecule has 1 saturated heterocycles. The van der Waals surface area contributed by atoms with Crippen LogP contribution in [-0.2, 0) is 4.74 Å². The Morgan fingerprint density at radius 2 is 2.36 bits per heavy atom. The van der Waals surface area contributed by atoms with Crippen LogP contribution in [0.5, 0.6) is 0 Å². The van der Waals surface area contributed by atoms with Crippen molar-refractivity contribution in [1.29, 1.82) is 0 Å². The average Bonchev–Trinajstić information content (AvgIpc) is 3.00. The minimum absolute atomic E-state index is 0.000468. The lowest BCUT2D eigenvalue weighted by Crippen LogP contribution is -2.48. The summed E-state index contributed by atoms with van der Waals surface area (Å²) in [7, 11) is 1.69. The van der Waals surface area contributed by atoms with Crippen LogP contribution in [0.1, 0.15) is 45.1 Å². The van der Waals surface area contributed by atoms with Gasteiger partial charge in [0.15, 0.2) is 0 Å². The Labute approximate surface area is 132 Å². The lowest BCUT2D eigenvalue weighted by Gasteiger charge is -2.34. The SMILES string of the molecule is COC(CNC(=O)N1CCCC(c2cn[nH]c2)C1)C(C)(C)C. The van der Waals surface area contributed by atoms with Crippen LogP contribution in [0.15, 0.2) is 12.4 Å². The number of carbonyl (C=O) groups excluding carboxylic acids is 1. The van der Waals surface area contributed by atoms with Crippen molar-refractivity contribution in [3.05, 3.63) is 18.0 Å². The van der Waals surface area contributed by atoms with Gasteiger partial charge in [0.05, 0.1) is 12.3 Å². The van der Waals surface area contributed by atoms with Crippen molar-refractivity contribution in [3.63, 3.8) is 0 Å². The Morgan fingerprint density at radius 1 is 1.59 bits per heavy atom. The maximum absolute atomic E-state index is 12.4. The highest BCUT2D eigenvalue weighted by Crippen LogP contribution is 2.26. The average molecular weight is 308 g/mol. The van der Waals surface area contributed by atoms with Gasteiger partial charge in [-0.25, -0.2) is 4.79 Å². The van der Waals surface area contributed by atoms with E-state index in [-0.39, 0.29) is 17.6 Å². The van der Waals surface area contributed by atoms with Crippen LogP contribution in [-0.4, -0.2) is 54.0 Å². The Balaban J connectivity index is 1.87.